The van der Waals surface area contributed by atoms with E-state index in [1.807, 2.05) is 24.5 Å². The highest BCUT2D eigenvalue weighted by Crippen LogP contribution is 1.94. The van der Waals surface area contributed by atoms with Gasteiger partial charge in [0.25, 0.3) is 0 Å². The molecule has 0 fully saturated rings. The lowest BCUT2D eigenvalue weighted by atomic mass is 10.3. The summed E-state index contributed by atoms with van der Waals surface area (Å²) in [5, 5.41) is 8.80. The highest BCUT2D eigenvalue weighted by molar-refractivity contribution is 5.04. The summed E-state index contributed by atoms with van der Waals surface area (Å²) >= 11 is 0. The van der Waals surface area contributed by atoms with Gasteiger partial charge in [-0.25, -0.2) is 4.57 Å². The summed E-state index contributed by atoms with van der Waals surface area (Å²) in [5.41, 5.74) is 0.975. The number of rotatable bonds is 4. The van der Waals surface area contributed by atoms with Crippen molar-refractivity contribution < 1.29 is 9.67 Å². The molecule has 2 heteroatoms. The fraction of sp³-hybridized carbons (Fsp3) is 0.500. The Kier molecular flexibility index (Phi) is 3.74. The van der Waals surface area contributed by atoms with E-state index in [1.54, 1.807) is 0 Å². The number of nitrogens with zero attached hydrogens (tertiary/aromatic N) is 1. The molecule has 0 saturated carbocycles. The zero-order chi connectivity index (χ0) is 8.81. The zero-order valence-corrected chi connectivity index (χ0v) is 7.53. The van der Waals surface area contributed by atoms with Gasteiger partial charge in [0.05, 0.1) is 6.61 Å². The number of aliphatic hydroxyl groups is 1. The Bertz CT molecular complexity index is 218. The van der Waals surface area contributed by atoms with Crippen LogP contribution in [-0.4, -0.2) is 5.11 Å². The van der Waals surface area contributed by atoms with Crippen molar-refractivity contribution >= 4 is 0 Å². The molecule has 0 radical (unpaired) electrons. The first-order valence-corrected chi connectivity index (χ1v) is 4.45. The molecule has 0 aliphatic rings. The fourth-order valence-corrected chi connectivity index (χ4v) is 1.08. The van der Waals surface area contributed by atoms with Gasteiger partial charge >= 0.3 is 0 Å². The van der Waals surface area contributed by atoms with Crippen LogP contribution < -0.4 is 4.57 Å². The molecule has 0 aliphatic carbocycles. The van der Waals surface area contributed by atoms with Crippen LogP contribution in [0.3, 0.4) is 0 Å². The van der Waals surface area contributed by atoms with Crippen molar-refractivity contribution in [2.45, 2.75) is 32.9 Å². The molecule has 1 N–H and O–H groups in total. The maximum absolute atomic E-state index is 8.80. The predicted molar refractivity (Wildman–Crippen MR) is 47.5 cm³/mol. The van der Waals surface area contributed by atoms with E-state index in [1.165, 1.54) is 12.8 Å². The molecule has 12 heavy (non-hydrogen) atoms. The first kappa shape index (κ1) is 9.20. The summed E-state index contributed by atoms with van der Waals surface area (Å²) in [6.07, 6.45) is 6.46. The smallest absolute Gasteiger partial charge is 0.169 e. The maximum Gasteiger partial charge on any atom is 0.169 e. The van der Waals surface area contributed by atoms with Gasteiger partial charge in [0.2, 0.25) is 0 Å². The molecule has 0 aromatic carbocycles. The Balaban J connectivity index is 2.53. The van der Waals surface area contributed by atoms with Crippen molar-refractivity contribution in [3.05, 3.63) is 30.1 Å². The molecule has 0 spiro atoms. The zero-order valence-electron chi connectivity index (χ0n) is 7.53. The monoisotopic (exact) mass is 166 g/mol. The van der Waals surface area contributed by atoms with Gasteiger partial charge in [0.1, 0.15) is 6.54 Å². The molecular formula is C10H16NO+. The van der Waals surface area contributed by atoms with Crippen molar-refractivity contribution in [1.82, 2.24) is 0 Å². The van der Waals surface area contributed by atoms with Crippen molar-refractivity contribution in [1.29, 1.82) is 0 Å². The van der Waals surface area contributed by atoms with Gasteiger partial charge < -0.3 is 5.11 Å². The van der Waals surface area contributed by atoms with Crippen LogP contribution in [-0.2, 0) is 13.2 Å². The van der Waals surface area contributed by atoms with Gasteiger partial charge in [0, 0.05) is 18.6 Å². The van der Waals surface area contributed by atoms with Crippen molar-refractivity contribution in [2.24, 2.45) is 0 Å². The SMILES string of the molecule is CCCC[n+]1ccc(CO)cc1. The number of unbranched alkanes of at least 4 members (excludes halogenated alkanes) is 1. The Morgan fingerprint density at radius 2 is 2.00 bits per heavy atom. The average Bonchev–Trinajstić information content (AvgIpc) is 2.15. The number of aryl methyl sites for hydroxylation is 1. The number of pyridine rings is 1. The minimum absolute atomic E-state index is 0.134. The van der Waals surface area contributed by atoms with E-state index < -0.39 is 0 Å². The summed E-state index contributed by atoms with van der Waals surface area (Å²) in [4.78, 5) is 0. The highest BCUT2D eigenvalue weighted by Gasteiger charge is 1.98. The second kappa shape index (κ2) is 4.88. The summed E-state index contributed by atoms with van der Waals surface area (Å²) in [5.74, 6) is 0. The standard InChI is InChI=1S/C10H16NO/c1-2-3-6-11-7-4-10(9-12)5-8-11/h4-5,7-8,12H,2-3,6,9H2,1H3/q+1. The van der Waals surface area contributed by atoms with Crippen molar-refractivity contribution in [3.8, 4) is 0 Å². The molecule has 0 aliphatic heterocycles. The topological polar surface area (TPSA) is 24.1 Å². The summed E-state index contributed by atoms with van der Waals surface area (Å²) in [6.45, 7) is 3.39. The van der Waals surface area contributed by atoms with E-state index in [0.717, 1.165) is 12.1 Å². The van der Waals surface area contributed by atoms with Gasteiger partial charge in [0.15, 0.2) is 12.4 Å². The number of aliphatic hydroxyl groups excluding tert-OH is 1. The van der Waals surface area contributed by atoms with E-state index in [4.69, 9.17) is 5.11 Å². The van der Waals surface area contributed by atoms with E-state index in [0.29, 0.717) is 0 Å². The molecule has 66 valence electrons. The molecule has 1 rings (SSSR count). The van der Waals surface area contributed by atoms with E-state index >= 15 is 0 Å². The molecule has 0 bridgehead atoms. The second-order valence-electron chi connectivity index (χ2n) is 2.96. The quantitative estimate of drug-likeness (QED) is 0.669. The van der Waals surface area contributed by atoms with Crippen LogP contribution in [0.5, 0.6) is 0 Å². The maximum atomic E-state index is 8.80. The lowest BCUT2D eigenvalue weighted by Crippen LogP contribution is -2.32. The van der Waals surface area contributed by atoms with Crippen molar-refractivity contribution in [2.75, 3.05) is 0 Å². The third kappa shape index (κ3) is 2.62. The number of aromatic nitrogens is 1. The Labute approximate surface area is 73.5 Å². The van der Waals surface area contributed by atoms with Crippen LogP contribution in [0.25, 0.3) is 0 Å². The van der Waals surface area contributed by atoms with Crippen LogP contribution in [0.2, 0.25) is 0 Å². The van der Waals surface area contributed by atoms with Gasteiger partial charge in [-0.3, -0.25) is 0 Å². The molecular weight excluding hydrogens is 150 g/mol. The molecule has 1 aromatic rings. The third-order valence-corrected chi connectivity index (χ3v) is 1.91. The molecule has 0 atom stereocenters. The van der Waals surface area contributed by atoms with Gasteiger partial charge in [-0.2, -0.15) is 0 Å². The summed E-state index contributed by atoms with van der Waals surface area (Å²) in [7, 11) is 0. The van der Waals surface area contributed by atoms with Crippen molar-refractivity contribution in [3.63, 3.8) is 0 Å². The summed E-state index contributed by atoms with van der Waals surface area (Å²) in [6, 6.07) is 3.91. The number of hydrogen-bond donors (Lipinski definition) is 1. The Morgan fingerprint density at radius 3 is 2.50 bits per heavy atom. The van der Waals surface area contributed by atoms with Crippen LogP contribution in [0.4, 0.5) is 0 Å². The summed E-state index contributed by atoms with van der Waals surface area (Å²) < 4.78 is 2.14. The number of hydrogen-bond acceptors (Lipinski definition) is 1. The molecule has 2 nitrogen and oxygen atoms in total. The third-order valence-electron chi connectivity index (χ3n) is 1.91. The average molecular weight is 166 g/mol. The van der Waals surface area contributed by atoms with Crippen LogP contribution in [0, 0.1) is 0 Å². The minimum Gasteiger partial charge on any atom is -0.392 e. The molecule has 0 amide bonds. The van der Waals surface area contributed by atoms with E-state index in [-0.39, 0.29) is 6.61 Å². The molecule has 1 aromatic heterocycles. The lowest BCUT2D eigenvalue weighted by Gasteiger charge is -1.95. The Hall–Kier alpha value is -0.890. The fourth-order valence-electron chi connectivity index (χ4n) is 1.08. The molecule has 0 saturated heterocycles. The largest absolute Gasteiger partial charge is 0.392 e. The lowest BCUT2D eigenvalue weighted by molar-refractivity contribution is -0.697. The predicted octanol–water partition coefficient (Wildman–Crippen LogP) is 1.27. The van der Waals surface area contributed by atoms with E-state index in [9.17, 15) is 0 Å². The van der Waals surface area contributed by atoms with Gasteiger partial charge in [-0.15, -0.1) is 0 Å². The van der Waals surface area contributed by atoms with Gasteiger partial charge in [-0.1, -0.05) is 13.3 Å². The van der Waals surface area contributed by atoms with Crippen LogP contribution in [0.1, 0.15) is 25.3 Å². The second-order valence-corrected chi connectivity index (χ2v) is 2.96. The first-order valence-electron chi connectivity index (χ1n) is 4.45. The van der Waals surface area contributed by atoms with Crippen LogP contribution in [0.15, 0.2) is 24.5 Å². The normalized spacial score (nSPS) is 10.2. The molecule has 0 unspecified atom stereocenters. The van der Waals surface area contributed by atoms with E-state index in [2.05, 4.69) is 11.5 Å². The molecule has 1 heterocycles. The Morgan fingerprint density at radius 1 is 1.33 bits per heavy atom. The van der Waals surface area contributed by atoms with Gasteiger partial charge in [-0.05, 0) is 5.56 Å². The van der Waals surface area contributed by atoms with Crippen LogP contribution >= 0.6 is 0 Å². The highest BCUT2D eigenvalue weighted by atomic mass is 16.3. The first-order chi connectivity index (χ1) is 5.86. The minimum atomic E-state index is 0.134.